The van der Waals surface area contributed by atoms with E-state index in [1.54, 1.807) is 14.2 Å². The van der Waals surface area contributed by atoms with Gasteiger partial charge >= 0.3 is 5.97 Å². The Morgan fingerprint density at radius 2 is 1.78 bits per heavy atom. The summed E-state index contributed by atoms with van der Waals surface area (Å²) in [4.78, 5) is 27.9. The summed E-state index contributed by atoms with van der Waals surface area (Å²) in [6, 6.07) is 14.1. The minimum Gasteiger partial charge on any atom is -0.497 e. The number of fused-ring (bicyclic) bond motifs is 1. The first-order valence-corrected chi connectivity index (χ1v) is 12.7. The summed E-state index contributed by atoms with van der Waals surface area (Å²) >= 11 is 0. The number of nitrogens with zero attached hydrogens (tertiary/aromatic N) is 2. The van der Waals surface area contributed by atoms with Gasteiger partial charge in [0.25, 0.3) is 0 Å². The van der Waals surface area contributed by atoms with E-state index in [4.69, 9.17) is 14.2 Å². The summed E-state index contributed by atoms with van der Waals surface area (Å²) in [5.74, 6) is 0.712. The average molecular weight is 493 g/mol. The molecule has 1 amide bonds. The van der Waals surface area contributed by atoms with Gasteiger partial charge in [0.15, 0.2) is 0 Å². The highest BCUT2D eigenvalue weighted by molar-refractivity contribution is 5.87. The monoisotopic (exact) mass is 492 g/mol. The first-order valence-electron chi connectivity index (χ1n) is 12.7. The van der Waals surface area contributed by atoms with Crippen LogP contribution >= 0.6 is 0 Å². The molecule has 7 nitrogen and oxygen atoms in total. The van der Waals surface area contributed by atoms with Gasteiger partial charge in [0.05, 0.1) is 26.7 Å². The Labute approximate surface area is 212 Å². The number of hydrogen-bond donors (Lipinski definition) is 0. The molecule has 1 aliphatic rings. The van der Waals surface area contributed by atoms with E-state index >= 15 is 0 Å². The van der Waals surface area contributed by atoms with Crippen molar-refractivity contribution in [3.05, 3.63) is 59.8 Å². The lowest BCUT2D eigenvalue weighted by molar-refractivity contribution is -0.151. The lowest BCUT2D eigenvalue weighted by Gasteiger charge is -2.32. The molecule has 1 aromatic heterocycles. The van der Waals surface area contributed by atoms with Crippen LogP contribution in [-0.2, 0) is 20.9 Å². The molecule has 0 saturated carbocycles. The molecule has 1 aliphatic heterocycles. The fourth-order valence-electron chi connectivity index (χ4n) is 5.21. The summed E-state index contributed by atoms with van der Waals surface area (Å²) < 4.78 is 18.6. The van der Waals surface area contributed by atoms with Crippen molar-refractivity contribution >= 4 is 22.8 Å². The maximum absolute atomic E-state index is 13.7. The maximum atomic E-state index is 13.7. The molecule has 2 heterocycles. The quantitative estimate of drug-likeness (QED) is 0.393. The molecule has 0 spiro atoms. The number of methoxy groups -OCH3 is 2. The molecule has 4 rings (SSSR count). The van der Waals surface area contributed by atoms with E-state index in [2.05, 4.69) is 29.8 Å². The smallest absolute Gasteiger partial charge is 0.310 e. The molecule has 1 saturated heterocycles. The number of piperidine rings is 1. The van der Waals surface area contributed by atoms with Crippen molar-refractivity contribution in [2.75, 3.05) is 33.9 Å². The minimum atomic E-state index is -0.264. The van der Waals surface area contributed by atoms with E-state index < -0.39 is 0 Å². The van der Waals surface area contributed by atoms with Crippen molar-refractivity contribution in [1.82, 2.24) is 9.47 Å². The first-order chi connectivity index (χ1) is 17.5. The second-order valence-electron chi connectivity index (χ2n) is 9.22. The second kappa shape index (κ2) is 11.5. The first kappa shape index (κ1) is 25.6. The van der Waals surface area contributed by atoms with Gasteiger partial charge in [-0.3, -0.25) is 9.59 Å². The third-order valence-electron chi connectivity index (χ3n) is 7.08. The number of aromatic nitrogens is 1. The summed E-state index contributed by atoms with van der Waals surface area (Å²) in [5.41, 5.74) is 3.19. The molecule has 2 aromatic carbocycles. The number of carbonyl (C=O) groups is 2. The highest BCUT2D eigenvalue weighted by Gasteiger charge is 2.32. The van der Waals surface area contributed by atoms with Gasteiger partial charge in [-0.05, 0) is 56.0 Å². The van der Waals surface area contributed by atoms with E-state index in [1.807, 2.05) is 42.2 Å². The van der Waals surface area contributed by atoms with E-state index in [0.29, 0.717) is 31.2 Å². The third kappa shape index (κ3) is 5.35. The number of benzene rings is 2. The van der Waals surface area contributed by atoms with Crippen LogP contribution < -0.4 is 9.47 Å². The number of carbonyl (C=O) groups excluding carboxylic acids is 2. The number of rotatable bonds is 9. The zero-order valence-electron chi connectivity index (χ0n) is 21.7. The molecule has 0 unspecified atom stereocenters. The van der Waals surface area contributed by atoms with Gasteiger partial charge in [-0.25, -0.2) is 0 Å². The van der Waals surface area contributed by atoms with Gasteiger partial charge in [-0.1, -0.05) is 18.2 Å². The lowest BCUT2D eigenvalue weighted by Crippen LogP contribution is -2.43. The number of amides is 1. The van der Waals surface area contributed by atoms with Gasteiger partial charge in [0, 0.05) is 55.1 Å². The molecule has 192 valence electrons. The Morgan fingerprint density at radius 3 is 2.44 bits per heavy atom. The summed E-state index contributed by atoms with van der Waals surface area (Å²) in [5, 5.41) is 1.13. The molecule has 0 bridgehead atoms. The van der Waals surface area contributed by atoms with Crippen LogP contribution in [-0.4, -0.2) is 55.3 Å². The summed E-state index contributed by atoms with van der Waals surface area (Å²) in [7, 11) is 3.26. The number of hydrogen-bond acceptors (Lipinski definition) is 5. The maximum Gasteiger partial charge on any atom is 0.310 e. The number of para-hydroxylation sites is 1. The molecule has 0 aliphatic carbocycles. The Kier molecular flexibility index (Phi) is 8.18. The van der Waals surface area contributed by atoms with E-state index in [-0.39, 0.29) is 30.1 Å². The van der Waals surface area contributed by atoms with Gasteiger partial charge < -0.3 is 23.7 Å². The van der Waals surface area contributed by atoms with Gasteiger partial charge in [-0.15, -0.1) is 0 Å². The van der Waals surface area contributed by atoms with Gasteiger partial charge in [0.2, 0.25) is 5.91 Å². The van der Waals surface area contributed by atoms with Crippen LogP contribution in [0.2, 0.25) is 0 Å². The SMILES string of the molecule is CCOC(=O)[C@@H]1CCCN(C(=O)C[C@@H](c2cc(OC)cc(OC)c2)c2cn(CC)c3ccccc23)C1. The van der Waals surface area contributed by atoms with Crippen LogP contribution in [0.5, 0.6) is 11.5 Å². The van der Waals surface area contributed by atoms with E-state index in [1.165, 1.54) is 0 Å². The molecule has 3 aromatic rings. The fraction of sp³-hybridized carbons (Fsp3) is 0.448. The van der Waals surface area contributed by atoms with Crippen LogP contribution in [0, 0.1) is 5.92 Å². The molecule has 1 fully saturated rings. The molecule has 7 heteroatoms. The standard InChI is InChI=1S/C29H36N2O5/c1-5-30-19-26(24-11-7-8-12-27(24)30)25(21-14-22(34-3)16-23(15-21)35-4)17-28(32)31-13-9-10-20(18-31)29(33)36-6-2/h7-8,11-12,14-16,19-20,25H,5-6,9-10,13,17-18H2,1-4H3/t20-,25+/m1/s1. The Morgan fingerprint density at radius 1 is 1.06 bits per heavy atom. The molecular weight excluding hydrogens is 456 g/mol. The van der Waals surface area contributed by atoms with Crippen molar-refractivity contribution in [2.24, 2.45) is 5.92 Å². The molecule has 0 radical (unpaired) electrons. The zero-order chi connectivity index (χ0) is 25.7. The van der Waals surface area contributed by atoms with Gasteiger partial charge in [0.1, 0.15) is 11.5 Å². The summed E-state index contributed by atoms with van der Waals surface area (Å²) in [6.45, 7) is 6.17. The predicted molar refractivity (Wildman–Crippen MR) is 140 cm³/mol. The van der Waals surface area contributed by atoms with Crippen LogP contribution in [0.3, 0.4) is 0 Å². The van der Waals surface area contributed by atoms with Gasteiger partial charge in [-0.2, -0.15) is 0 Å². The molecule has 2 atom stereocenters. The highest BCUT2D eigenvalue weighted by Crippen LogP contribution is 2.38. The van der Waals surface area contributed by atoms with Crippen LogP contribution in [0.4, 0.5) is 0 Å². The number of ether oxygens (including phenoxy) is 3. The lowest BCUT2D eigenvalue weighted by atomic mass is 9.87. The minimum absolute atomic E-state index is 0.0316. The largest absolute Gasteiger partial charge is 0.497 e. The number of aryl methyl sites for hydroxylation is 1. The molecule has 0 N–H and O–H groups in total. The van der Waals surface area contributed by atoms with Crippen LogP contribution in [0.25, 0.3) is 10.9 Å². The van der Waals surface area contributed by atoms with Crippen LogP contribution in [0.1, 0.15) is 50.2 Å². The molecular formula is C29H36N2O5. The van der Waals surface area contributed by atoms with Crippen molar-refractivity contribution in [1.29, 1.82) is 0 Å². The predicted octanol–water partition coefficient (Wildman–Crippen LogP) is 5.00. The van der Waals surface area contributed by atoms with Crippen molar-refractivity contribution in [3.8, 4) is 11.5 Å². The normalized spacial score (nSPS) is 16.6. The topological polar surface area (TPSA) is 70.0 Å². The Bertz CT molecular complexity index is 1200. The van der Waals surface area contributed by atoms with Crippen LogP contribution in [0.15, 0.2) is 48.7 Å². The Hall–Kier alpha value is -3.48. The summed E-state index contributed by atoms with van der Waals surface area (Å²) in [6.07, 6.45) is 3.99. The second-order valence-corrected chi connectivity index (χ2v) is 9.22. The molecule has 36 heavy (non-hydrogen) atoms. The number of esters is 1. The van der Waals surface area contributed by atoms with Crippen molar-refractivity contribution in [3.63, 3.8) is 0 Å². The number of likely N-dealkylation sites (tertiary alicyclic amines) is 1. The third-order valence-corrected chi connectivity index (χ3v) is 7.08. The fourth-order valence-corrected chi connectivity index (χ4v) is 5.21. The van der Waals surface area contributed by atoms with E-state index in [9.17, 15) is 9.59 Å². The Balaban J connectivity index is 1.72. The van der Waals surface area contributed by atoms with E-state index in [0.717, 1.165) is 41.4 Å². The highest BCUT2D eigenvalue weighted by atomic mass is 16.5. The zero-order valence-corrected chi connectivity index (χ0v) is 21.7. The van der Waals surface area contributed by atoms with Crippen molar-refractivity contribution < 1.29 is 23.8 Å². The average Bonchev–Trinajstić information content (AvgIpc) is 3.30. The van der Waals surface area contributed by atoms with Crippen molar-refractivity contribution in [2.45, 2.75) is 45.6 Å².